The second-order valence-corrected chi connectivity index (χ2v) is 6.93. The summed E-state index contributed by atoms with van der Waals surface area (Å²) in [5, 5.41) is 4.49. The molecular weight excluding hydrogens is 296 g/mol. The molecule has 1 heterocycles. The quantitative estimate of drug-likeness (QED) is 0.898. The van der Waals surface area contributed by atoms with Crippen molar-refractivity contribution >= 4 is 27.7 Å². The highest BCUT2D eigenvalue weighted by atomic mass is 79.9. The number of rotatable bonds is 5. The van der Waals surface area contributed by atoms with Gasteiger partial charge in [-0.3, -0.25) is 4.98 Å². The number of nitrogens with one attached hydrogen (secondary N) is 1. The van der Waals surface area contributed by atoms with E-state index in [-0.39, 0.29) is 0 Å². The molecule has 17 heavy (non-hydrogen) atoms. The molecule has 2 unspecified atom stereocenters. The fraction of sp³-hybridized carbons (Fsp3) is 0.615. The van der Waals surface area contributed by atoms with E-state index in [9.17, 15) is 0 Å². The lowest BCUT2D eigenvalue weighted by atomic mass is 10.2. The highest BCUT2D eigenvalue weighted by Gasteiger charge is 2.23. The summed E-state index contributed by atoms with van der Waals surface area (Å²) in [5.41, 5.74) is 1.12. The average Bonchev–Trinajstić information content (AvgIpc) is 2.77. The third-order valence-electron chi connectivity index (χ3n) is 3.15. The first-order valence-corrected chi connectivity index (χ1v) is 8.07. The second kappa shape index (κ2) is 6.76. The van der Waals surface area contributed by atoms with Gasteiger partial charge in [-0.05, 0) is 53.1 Å². The fourth-order valence-corrected chi connectivity index (χ4v) is 3.65. The molecule has 2 atom stereocenters. The Bertz CT molecular complexity index is 342. The number of hydrogen-bond donors (Lipinski definition) is 1. The van der Waals surface area contributed by atoms with Crippen LogP contribution in [0.2, 0.25) is 0 Å². The molecule has 94 valence electrons. The molecule has 1 aliphatic rings. The maximum Gasteiger partial charge on any atom is 0.0542 e. The maximum absolute atomic E-state index is 4.38. The molecule has 2 rings (SSSR count). The Labute approximate surface area is 116 Å². The minimum atomic E-state index is 0.685. The third-order valence-corrected chi connectivity index (χ3v) is 4.85. The molecule has 1 saturated carbocycles. The first kappa shape index (κ1) is 13.4. The van der Waals surface area contributed by atoms with Crippen molar-refractivity contribution < 1.29 is 0 Å². The van der Waals surface area contributed by atoms with Crippen molar-refractivity contribution in [3.63, 3.8) is 0 Å². The van der Waals surface area contributed by atoms with Crippen LogP contribution in [0.3, 0.4) is 0 Å². The van der Waals surface area contributed by atoms with Crippen molar-refractivity contribution in [2.45, 2.75) is 44.0 Å². The van der Waals surface area contributed by atoms with Gasteiger partial charge in [-0.2, -0.15) is 11.8 Å². The van der Waals surface area contributed by atoms with Gasteiger partial charge in [0.2, 0.25) is 0 Å². The van der Waals surface area contributed by atoms with Crippen molar-refractivity contribution in [2.75, 3.05) is 5.75 Å². The molecule has 1 aromatic rings. The second-order valence-electron chi connectivity index (χ2n) is 4.44. The first-order valence-electron chi connectivity index (χ1n) is 6.23. The lowest BCUT2D eigenvalue weighted by Gasteiger charge is -2.12. The summed E-state index contributed by atoms with van der Waals surface area (Å²) >= 11 is 5.51. The van der Waals surface area contributed by atoms with Crippen molar-refractivity contribution in [1.29, 1.82) is 0 Å². The Morgan fingerprint density at radius 2 is 2.35 bits per heavy atom. The molecule has 0 bridgehead atoms. The van der Waals surface area contributed by atoms with Crippen molar-refractivity contribution in [2.24, 2.45) is 0 Å². The van der Waals surface area contributed by atoms with Crippen LogP contribution in [-0.4, -0.2) is 22.0 Å². The van der Waals surface area contributed by atoms with Crippen molar-refractivity contribution in [3.05, 3.63) is 28.5 Å². The highest BCUT2D eigenvalue weighted by Crippen LogP contribution is 2.29. The van der Waals surface area contributed by atoms with Crippen LogP contribution >= 0.6 is 27.7 Å². The van der Waals surface area contributed by atoms with Gasteiger partial charge in [0.15, 0.2) is 0 Å². The van der Waals surface area contributed by atoms with Crippen LogP contribution in [0.4, 0.5) is 0 Å². The normalized spacial score (nSPS) is 24.1. The van der Waals surface area contributed by atoms with Gasteiger partial charge in [0.25, 0.3) is 0 Å². The zero-order chi connectivity index (χ0) is 12.1. The molecule has 4 heteroatoms. The van der Waals surface area contributed by atoms with Crippen LogP contribution < -0.4 is 5.32 Å². The summed E-state index contributed by atoms with van der Waals surface area (Å²) in [7, 11) is 0. The summed E-state index contributed by atoms with van der Waals surface area (Å²) < 4.78 is 1.04. The summed E-state index contributed by atoms with van der Waals surface area (Å²) in [6.45, 7) is 3.14. The molecule has 0 saturated heterocycles. The van der Waals surface area contributed by atoms with E-state index >= 15 is 0 Å². The smallest absolute Gasteiger partial charge is 0.0542 e. The highest BCUT2D eigenvalue weighted by molar-refractivity contribution is 9.10. The van der Waals surface area contributed by atoms with E-state index < -0.39 is 0 Å². The summed E-state index contributed by atoms with van der Waals surface area (Å²) in [6.07, 6.45) is 5.86. The van der Waals surface area contributed by atoms with Gasteiger partial charge in [-0.15, -0.1) is 0 Å². The Kier molecular flexibility index (Phi) is 5.32. The molecule has 0 aromatic carbocycles. The van der Waals surface area contributed by atoms with Gasteiger partial charge in [-0.1, -0.05) is 6.92 Å². The van der Waals surface area contributed by atoms with E-state index in [1.807, 2.05) is 6.20 Å². The molecular formula is C13H19BrN2S. The largest absolute Gasteiger partial charge is 0.308 e. The molecule has 0 spiro atoms. The van der Waals surface area contributed by atoms with E-state index in [0.29, 0.717) is 6.04 Å². The Morgan fingerprint density at radius 3 is 3.06 bits per heavy atom. The summed E-state index contributed by atoms with van der Waals surface area (Å²) in [4.78, 5) is 4.38. The van der Waals surface area contributed by atoms with Crippen LogP contribution in [0.1, 0.15) is 31.9 Å². The van der Waals surface area contributed by atoms with Crippen LogP contribution in [0.5, 0.6) is 0 Å². The fourth-order valence-electron chi connectivity index (χ4n) is 2.27. The SMILES string of the molecule is CCSC1CCC(NCc2ccc(Br)cn2)C1. The molecule has 1 fully saturated rings. The molecule has 2 nitrogen and oxygen atoms in total. The van der Waals surface area contributed by atoms with Crippen LogP contribution in [0, 0.1) is 0 Å². The van der Waals surface area contributed by atoms with Crippen molar-refractivity contribution in [1.82, 2.24) is 10.3 Å². The predicted octanol–water partition coefficient (Wildman–Crippen LogP) is 3.61. The zero-order valence-corrected chi connectivity index (χ0v) is 12.6. The van der Waals surface area contributed by atoms with E-state index in [0.717, 1.165) is 22.0 Å². The topological polar surface area (TPSA) is 24.9 Å². The summed E-state index contributed by atoms with van der Waals surface area (Å²) in [5.74, 6) is 1.24. The minimum Gasteiger partial charge on any atom is -0.308 e. The predicted molar refractivity (Wildman–Crippen MR) is 78.3 cm³/mol. The Hall–Kier alpha value is -0.0600. The van der Waals surface area contributed by atoms with E-state index in [2.05, 4.69) is 57.0 Å². The number of hydrogen-bond acceptors (Lipinski definition) is 3. The van der Waals surface area contributed by atoms with Crippen LogP contribution in [-0.2, 0) is 6.54 Å². The van der Waals surface area contributed by atoms with Crippen LogP contribution in [0.25, 0.3) is 0 Å². The number of thioether (sulfide) groups is 1. The third kappa shape index (κ3) is 4.27. The number of aromatic nitrogens is 1. The average molecular weight is 315 g/mol. The van der Waals surface area contributed by atoms with Crippen molar-refractivity contribution in [3.8, 4) is 0 Å². The molecule has 1 aliphatic carbocycles. The van der Waals surface area contributed by atoms with Gasteiger partial charge in [-0.25, -0.2) is 0 Å². The van der Waals surface area contributed by atoms with Gasteiger partial charge < -0.3 is 5.32 Å². The van der Waals surface area contributed by atoms with Crippen LogP contribution in [0.15, 0.2) is 22.8 Å². The molecule has 1 aromatic heterocycles. The first-order chi connectivity index (χ1) is 8.28. The molecule has 1 N–H and O–H groups in total. The lowest BCUT2D eigenvalue weighted by molar-refractivity contribution is 0.520. The van der Waals surface area contributed by atoms with E-state index in [1.54, 1.807) is 0 Å². The number of halogens is 1. The standard InChI is InChI=1S/C13H19BrN2S/c1-2-17-13-6-5-11(7-13)16-9-12-4-3-10(14)8-15-12/h3-4,8,11,13,16H,2,5-7,9H2,1H3. The van der Waals surface area contributed by atoms with E-state index in [4.69, 9.17) is 0 Å². The van der Waals surface area contributed by atoms with Gasteiger partial charge in [0.1, 0.15) is 0 Å². The summed E-state index contributed by atoms with van der Waals surface area (Å²) in [6, 6.07) is 4.81. The minimum absolute atomic E-state index is 0.685. The molecule has 0 radical (unpaired) electrons. The van der Waals surface area contributed by atoms with Gasteiger partial charge in [0.05, 0.1) is 5.69 Å². The van der Waals surface area contributed by atoms with Gasteiger partial charge in [0, 0.05) is 28.5 Å². The van der Waals surface area contributed by atoms with Gasteiger partial charge >= 0.3 is 0 Å². The number of pyridine rings is 1. The van der Waals surface area contributed by atoms with E-state index in [1.165, 1.54) is 25.0 Å². The Morgan fingerprint density at radius 1 is 1.47 bits per heavy atom. The number of nitrogens with zero attached hydrogens (tertiary/aromatic N) is 1. The monoisotopic (exact) mass is 314 g/mol. The zero-order valence-electron chi connectivity index (χ0n) is 10.2. The molecule has 0 aliphatic heterocycles. The Balaban J connectivity index is 1.74. The molecule has 0 amide bonds. The maximum atomic E-state index is 4.38. The lowest BCUT2D eigenvalue weighted by Crippen LogP contribution is -2.26.